The lowest BCUT2D eigenvalue weighted by Gasteiger charge is -2.29. The zero-order chi connectivity index (χ0) is 25.4. The Hall–Kier alpha value is -4.42. The molecule has 2 amide bonds. The minimum atomic E-state index is -0.896. The van der Waals surface area contributed by atoms with Gasteiger partial charge in [-0.2, -0.15) is 0 Å². The number of hydroxylamine groups is 1. The summed E-state index contributed by atoms with van der Waals surface area (Å²) in [5.74, 6) is -0.547. The van der Waals surface area contributed by atoms with E-state index < -0.39 is 18.1 Å². The van der Waals surface area contributed by atoms with Gasteiger partial charge in [-0.1, -0.05) is 72.8 Å². The van der Waals surface area contributed by atoms with Gasteiger partial charge in [-0.15, -0.1) is 0 Å². The van der Waals surface area contributed by atoms with E-state index >= 15 is 0 Å². The predicted molar refractivity (Wildman–Crippen MR) is 141 cm³/mol. The Labute approximate surface area is 215 Å². The van der Waals surface area contributed by atoms with Crippen molar-refractivity contribution in [2.45, 2.75) is 25.7 Å². The second kappa shape index (κ2) is 9.56. The number of ether oxygens (including phenoxy) is 1. The maximum absolute atomic E-state index is 13.8. The molecule has 3 atom stereocenters. The van der Waals surface area contributed by atoms with Crippen LogP contribution in [0.3, 0.4) is 0 Å². The van der Waals surface area contributed by atoms with Crippen LogP contribution in [0.15, 0.2) is 109 Å². The Morgan fingerprint density at radius 1 is 0.757 bits per heavy atom. The number of aryl methyl sites for hydroxylation is 1. The number of nitrogens with zero attached hydrogens (tertiary/aromatic N) is 2. The molecule has 0 bridgehead atoms. The number of carbonyl (C=O) groups excluding carboxylic acids is 2. The topological polar surface area (TPSA) is 59.1 Å². The molecule has 2 saturated heterocycles. The summed E-state index contributed by atoms with van der Waals surface area (Å²) >= 11 is 0. The van der Waals surface area contributed by atoms with Crippen LogP contribution in [-0.4, -0.2) is 17.9 Å². The lowest BCUT2D eigenvalue weighted by atomic mass is 9.90. The molecule has 0 saturated carbocycles. The lowest BCUT2D eigenvalue weighted by molar-refractivity contribution is -0.126. The van der Waals surface area contributed by atoms with Crippen molar-refractivity contribution in [1.29, 1.82) is 0 Å². The minimum Gasteiger partial charge on any atom is -0.489 e. The summed E-state index contributed by atoms with van der Waals surface area (Å²) in [6.07, 6.45) is -0.896. The minimum absolute atomic E-state index is 0.256. The Balaban J connectivity index is 1.32. The number of imide groups is 1. The van der Waals surface area contributed by atoms with Crippen LogP contribution in [0.5, 0.6) is 5.75 Å². The normalized spacial score (nSPS) is 20.8. The maximum Gasteiger partial charge on any atom is 0.266 e. The standard InChI is InChI=1S/C31H26N2O4/c1-21-9-8-14-25(19-21)32-30(34)27-28(33(37-29(27)31(32)35)24-12-6-3-7-13-24)23-15-17-26(18-16-23)36-20-22-10-4-2-5-11-22/h2-19,27-29H,20H2,1H3. The second-order valence-electron chi connectivity index (χ2n) is 9.35. The molecule has 2 aliphatic rings. The van der Waals surface area contributed by atoms with Crippen LogP contribution in [0.4, 0.5) is 11.4 Å². The molecule has 37 heavy (non-hydrogen) atoms. The summed E-state index contributed by atoms with van der Waals surface area (Å²) in [5, 5.41) is 1.71. The second-order valence-corrected chi connectivity index (χ2v) is 9.35. The van der Waals surface area contributed by atoms with E-state index in [1.807, 2.05) is 110 Å². The van der Waals surface area contributed by atoms with Crippen LogP contribution in [0.25, 0.3) is 0 Å². The molecule has 6 heteroatoms. The van der Waals surface area contributed by atoms with Gasteiger partial charge in [0.2, 0.25) is 5.91 Å². The zero-order valence-electron chi connectivity index (χ0n) is 20.4. The first-order valence-corrected chi connectivity index (χ1v) is 12.3. The number of para-hydroxylation sites is 1. The average molecular weight is 491 g/mol. The van der Waals surface area contributed by atoms with Crippen molar-refractivity contribution >= 4 is 23.2 Å². The zero-order valence-corrected chi connectivity index (χ0v) is 20.4. The van der Waals surface area contributed by atoms with Gasteiger partial charge in [0.1, 0.15) is 18.3 Å². The summed E-state index contributed by atoms with van der Waals surface area (Å²) in [7, 11) is 0. The largest absolute Gasteiger partial charge is 0.489 e. The first-order chi connectivity index (χ1) is 18.1. The molecular formula is C31H26N2O4. The van der Waals surface area contributed by atoms with Gasteiger partial charge in [-0.25, -0.2) is 9.96 Å². The molecule has 3 unspecified atom stereocenters. The van der Waals surface area contributed by atoms with E-state index in [9.17, 15) is 9.59 Å². The highest BCUT2D eigenvalue weighted by Crippen LogP contribution is 2.47. The molecule has 2 aliphatic heterocycles. The van der Waals surface area contributed by atoms with E-state index in [2.05, 4.69) is 0 Å². The van der Waals surface area contributed by atoms with E-state index in [4.69, 9.17) is 9.57 Å². The molecule has 4 aromatic rings. The van der Waals surface area contributed by atoms with Crippen LogP contribution in [-0.2, 0) is 21.0 Å². The van der Waals surface area contributed by atoms with Crippen LogP contribution in [0.2, 0.25) is 0 Å². The molecular weight excluding hydrogens is 464 g/mol. The van der Waals surface area contributed by atoms with Crippen molar-refractivity contribution in [1.82, 2.24) is 0 Å². The molecule has 0 aliphatic carbocycles. The first-order valence-electron chi connectivity index (χ1n) is 12.3. The molecule has 0 spiro atoms. The third-order valence-electron chi connectivity index (χ3n) is 6.86. The monoisotopic (exact) mass is 490 g/mol. The van der Waals surface area contributed by atoms with Gasteiger partial charge in [0.15, 0.2) is 6.10 Å². The fraction of sp³-hybridized carbons (Fsp3) is 0.161. The van der Waals surface area contributed by atoms with E-state index in [1.165, 1.54) is 4.90 Å². The van der Waals surface area contributed by atoms with Gasteiger partial charge in [-0.3, -0.25) is 14.4 Å². The number of fused-ring (bicyclic) bond motifs is 1. The molecule has 6 nitrogen and oxygen atoms in total. The Morgan fingerprint density at radius 3 is 2.14 bits per heavy atom. The van der Waals surface area contributed by atoms with Gasteiger partial charge in [0, 0.05) is 0 Å². The third kappa shape index (κ3) is 4.26. The van der Waals surface area contributed by atoms with Gasteiger partial charge in [-0.05, 0) is 60.0 Å². The molecule has 4 aromatic carbocycles. The van der Waals surface area contributed by atoms with E-state index in [0.717, 1.165) is 28.1 Å². The van der Waals surface area contributed by atoms with Crippen molar-refractivity contribution < 1.29 is 19.2 Å². The van der Waals surface area contributed by atoms with Gasteiger partial charge < -0.3 is 4.74 Å². The van der Waals surface area contributed by atoms with E-state index in [0.29, 0.717) is 12.3 Å². The van der Waals surface area contributed by atoms with Crippen LogP contribution in [0, 0.1) is 12.8 Å². The average Bonchev–Trinajstić information content (AvgIpc) is 3.44. The summed E-state index contributed by atoms with van der Waals surface area (Å²) in [5.41, 5.74) is 4.29. The summed E-state index contributed by atoms with van der Waals surface area (Å²) in [4.78, 5) is 34.7. The Bertz CT molecular complexity index is 1420. The number of amides is 2. The number of rotatable bonds is 6. The number of hydrogen-bond donors (Lipinski definition) is 0. The van der Waals surface area contributed by atoms with Gasteiger partial charge >= 0.3 is 0 Å². The quantitative estimate of drug-likeness (QED) is 0.328. The highest BCUT2D eigenvalue weighted by Gasteiger charge is 2.60. The summed E-state index contributed by atoms with van der Waals surface area (Å²) < 4.78 is 5.96. The number of benzene rings is 4. The van der Waals surface area contributed by atoms with Gasteiger partial charge in [0.25, 0.3) is 5.91 Å². The molecule has 0 aromatic heterocycles. The van der Waals surface area contributed by atoms with Crippen molar-refractivity contribution in [3.05, 3.63) is 126 Å². The Morgan fingerprint density at radius 2 is 1.43 bits per heavy atom. The van der Waals surface area contributed by atoms with Crippen molar-refractivity contribution in [2.24, 2.45) is 5.92 Å². The fourth-order valence-electron chi connectivity index (χ4n) is 5.08. The van der Waals surface area contributed by atoms with Crippen LogP contribution < -0.4 is 14.7 Å². The van der Waals surface area contributed by atoms with Crippen LogP contribution in [0.1, 0.15) is 22.7 Å². The first kappa shape index (κ1) is 23.0. The molecule has 2 fully saturated rings. The molecule has 184 valence electrons. The Kier molecular flexibility index (Phi) is 5.94. The van der Waals surface area contributed by atoms with E-state index in [1.54, 1.807) is 11.1 Å². The maximum atomic E-state index is 13.8. The number of anilines is 2. The summed E-state index contributed by atoms with van der Waals surface area (Å²) in [6.45, 7) is 2.40. The lowest BCUT2D eigenvalue weighted by Crippen LogP contribution is -2.37. The molecule has 6 rings (SSSR count). The van der Waals surface area contributed by atoms with Crippen molar-refractivity contribution in [3.8, 4) is 5.75 Å². The summed E-state index contributed by atoms with van der Waals surface area (Å²) in [6, 6.07) is 34.2. The smallest absolute Gasteiger partial charge is 0.266 e. The highest BCUT2D eigenvalue weighted by molar-refractivity contribution is 6.24. The van der Waals surface area contributed by atoms with E-state index in [-0.39, 0.29) is 11.8 Å². The molecule has 0 radical (unpaired) electrons. The number of hydrogen-bond acceptors (Lipinski definition) is 5. The third-order valence-corrected chi connectivity index (χ3v) is 6.86. The van der Waals surface area contributed by atoms with Crippen molar-refractivity contribution in [3.63, 3.8) is 0 Å². The highest BCUT2D eigenvalue weighted by atomic mass is 16.7. The van der Waals surface area contributed by atoms with Gasteiger partial charge in [0.05, 0.1) is 17.4 Å². The fourth-order valence-corrected chi connectivity index (χ4v) is 5.08. The van der Waals surface area contributed by atoms with Crippen LogP contribution >= 0.6 is 0 Å². The molecule has 0 N–H and O–H groups in total. The molecule has 2 heterocycles. The number of carbonyl (C=O) groups is 2. The SMILES string of the molecule is Cc1cccc(N2C(=O)C3ON(c4ccccc4)C(c4ccc(OCc5ccccc5)cc4)C3C2=O)c1. The van der Waals surface area contributed by atoms with Crippen molar-refractivity contribution in [2.75, 3.05) is 9.96 Å². The predicted octanol–water partition coefficient (Wildman–Crippen LogP) is 5.63.